The SMILES string of the molecule is CCCCC(CN[C@@H]1CNC[C@H]1N(CCC(C)C)S(=O)(=O)c1ccc(N)cc1)N(C(=O)OC)C(=O)[C@@H](N)C(c1ccccc1)c1ccccc1. The first-order valence-corrected chi connectivity index (χ1v) is 19.0. The van der Waals surface area contributed by atoms with Gasteiger partial charge < -0.3 is 26.8 Å². The minimum Gasteiger partial charge on any atom is -0.452 e. The van der Waals surface area contributed by atoms with Crippen LogP contribution in [0.5, 0.6) is 0 Å². The molecule has 1 unspecified atom stereocenters. The Morgan fingerprint density at radius 2 is 1.54 bits per heavy atom. The fraction of sp³-hybridized carbons (Fsp3) is 0.474. The number of anilines is 1. The maximum atomic E-state index is 14.4. The van der Waals surface area contributed by atoms with E-state index in [1.165, 1.54) is 12.0 Å². The predicted molar refractivity (Wildman–Crippen MR) is 198 cm³/mol. The average Bonchev–Trinajstić information content (AvgIpc) is 3.58. The number of nitrogen functional groups attached to an aromatic ring is 1. The summed E-state index contributed by atoms with van der Waals surface area (Å²) in [4.78, 5) is 29.3. The molecule has 1 aliphatic rings. The van der Waals surface area contributed by atoms with Gasteiger partial charge in [0.15, 0.2) is 0 Å². The summed E-state index contributed by atoms with van der Waals surface area (Å²) in [5.41, 5.74) is 14.9. The van der Waals surface area contributed by atoms with Crippen molar-refractivity contribution in [2.24, 2.45) is 11.7 Å². The third-order valence-electron chi connectivity index (χ3n) is 9.41. The highest BCUT2D eigenvalue weighted by atomic mass is 32.2. The van der Waals surface area contributed by atoms with Crippen molar-refractivity contribution in [3.8, 4) is 0 Å². The summed E-state index contributed by atoms with van der Waals surface area (Å²) in [7, 11) is -2.60. The third kappa shape index (κ3) is 9.70. The molecule has 0 saturated carbocycles. The molecule has 0 spiro atoms. The first-order chi connectivity index (χ1) is 24.0. The van der Waals surface area contributed by atoms with E-state index in [0.29, 0.717) is 38.2 Å². The molecular formula is C38H54N6O5S. The second-order valence-electron chi connectivity index (χ2n) is 13.4. The smallest absolute Gasteiger partial charge is 0.416 e. The number of hydrogen-bond donors (Lipinski definition) is 4. The number of rotatable bonds is 17. The van der Waals surface area contributed by atoms with Gasteiger partial charge in [-0.05, 0) is 54.2 Å². The van der Waals surface area contributed by atoms with Crippen molar-refractivity contribution in [3.05, 3.63) is 96.1 Å². The van der Waals surface area contributed by atoms with Gasteiger partial charge in [-0.25, -0.2) is 18.1 Å². The van der Waals surface area contributed by atoms with Gasteiger partial charge in [0.25, 0.3) is 0 Å². The monoisotopic (exact) mass is 706 g/mol. The van der Waals surface area contributed by atoms with E-state index in [1.54, 1.807) is 28.6 Å². The number of ether oxygens (including phenoxy) is 1. The lowest BCUT2D eigenvalue weighted by molar-refractivity contribution is -0.133. The molecule has 1 saturated heterocycles. The Bertz CT molecular complexity index is 1570. The van der Waals surface area contributed by atoms with E-state index in [2.05, 4.69) is 24.5 Å². The minimum absolute atomic E-state index is 0.185. The molecule has 3 aromatic carbocycles. The van der Waals surface area contributed by atoms with Gasteiger partial charge in [-0.2, -0.15) is 4.31 Å². The van der Waals surface area contributed by atoms with Crippen molar-refractivity contribution < 1.29 is 22.7 Å². The fourth-order valence-corrected chi connectivity index (χ4v) is 8.27. The number of benzene rings is 3. The van der Waals surface area contributed by atoms with Crippen molar-refractivity contribution in [3.63, 3.8) is 0 Å². The van der Waals surface area contributed by atoms with Gasteiger partial charge >= 0.3 is 6.09 Å². The van der Waals surface area contributed by atoms with Crippen molar-refractivity contribution >= 4 is 27.7 Å². The van der Waals surface area contributed by atoms with E-state index < -0.39 is 46.1 Å². The van der Waals surface area contributed by atoms with E-state index in [-0.39, 0.29) is 23.4 Å². The molecule has 2 amide bonds. The number of methoxy groups -OCH3 is 1. The maximum Gasteiger partial charge on any atom is 0.416 e. The van der Waals surface area contributed by atoms with E-state index in [1.807, 2.05) is 67.6 Å². The number of nitrogens with zero attached hydrogens (tertiary/aromatic N) is 2. The Kier molecular flexibility index (Phi) is 14.4. The van der Waals surface area contributed by atoms with Crippen LogP contribution < -0.4 is 22.1 Å². The molecular weight excluding hydrogens is 653 g/mol. The van der Waals surface area contributed by atoms with Gasteiger partial charge in [0.2, 0.25) is 15.9 Å². The molecule has 50 heavy (non-hydrogen) atoms. The topological polar surface area (TPSA) is 160 Å². The van der Waals surface area contributed by atoms with Crippen LogP contribution in [0.4, 0.5) is 10.5 Å². The lowest BCUT2D eigenvalue weighted by atomic mass is 9.84. The molecule has 4 rings (SSSR count). The molecule has 12 heteroatoms. The van der Waals surface area contributed by atoms with Crippen LogP contribution >= 0.6 is 0 Å². The van der Waals surface area contributed by atoms with Crippen LogP contribution in [0, 0.1) is 5.92 Å². The number of amides is 2. The zero-order valence-electron chi connectivity index (χ0n) is 29.7. The number of unbranched alkanes of at least 4 members (excludes halogenated alkanes) is 1. The molecule has 0 aromatic heterocycles. The molecule has 4 atom stereocenters. The van der Waals surface area contributed by atoms with Gasteiger partial charge in [-0.1, -0.05) is 94.3 Å². The van der Waals surface area contributed by atoms with Crippen LogP contribution in [0.1, 0.15) is 63.5 Å². The van der Waals surface area contributed by atoms with Crippen LogP contribution in [0.25, 0.3) is 0 Å². The maximum absolute atomic E-state index is 14.4. The average molecular weight is 707 g/mol. The highest BCUT2D eigenvalue weighted by molar-refractivity contribution is 7.89. The summed E-state index contributed by atoms with van der Waals surface area (Å²) in [6, 6.07) is 23.0. The highest BCUT2D eigenvalue weighted by Gasteiger charge is 2.41. The molecule has 3 aromatic rings. The fourth-order valence-electron chi connectivity index (χ4n) is 6.60. The predicted octanol–water partition coefficient (Wildman–Crippen LogP) is 4.55. The van der Waals surface area contributed by atoms with Crippen LogP contribution in [-0.2, 0) is 19.6 Å². The summed E-state index contributed by atoms with van der Waals surface area (Å²) in [6.45, 7) is 7.72. The molecule has 1 aliphatic heterocycles. The second kappa shape index (κ2) is 18.4. The van der Waals surface area contributed by atoms with Gasteiger partial charge in [-0.15, -0.1) is 0 Å². The third-order valence-corrected chi connectivity index (χ3v) is 11.3. The molecule has 0 radical (unpaired) electrons. The van der Waals surface area contributed by atoms with E-state index in [9.17, 15) is 18.0 Å². The van der Waals surface area contributed by atoms with Crippen LogP contribution in [-0.4, -0.2) is 87.1 Å². The Balaban J connectivity index is 1.63. The lowest BCUT2D eigenvalue weighted by Gasteiger charge is -2.36. The van der Waals surface area contributed by atoms with Crippen LogP contribution in [0.3, 0.4) is 0 Å². The molecule has 0 bridgehead atoms. The number of sulfonamides is 1. The molecule has 0 aliphatic carbocycles. The van der Waals surface area contributed by atoms with Gasteiger partial charge in [0.05, 0.1) is 30.1 Å². The summed E-state index contributed by atoms with van der Waals surface area (Å²) >= 11 is 0. The molecule has 6 N–H and O–H groups in total. The van der Waals surface area contributed by atoms with E-state index >= 15 is 0 Å². The molecule has 272 valence electrons. The summed E-state index contributed by atoms with van der Waals surface area (Å²) in [5, 5.41) is 6.92. The minimum atomic E-state index is -3.86. The van der Waals surface area contributed by atoms with Crippen molar-refractivity contribution in [1.82, 2.24) is 19.8 Å². The molecule has 11 nitrogen and oxygen atoms in total. The first kappa shape index (κ1) is 39.0. The quantitative estimate of drug-likeness (QED) is 0.148. The first-order valence-electron chi connectivity index (χ1n) is 17.6. The van der Waals surface area contributed by atoms with Crippen molar-refractivity contribution in [2.45, 2.75) is 81.4 Å². The summed E-state index contributed by atoms with van der Waals surface area (Å²) in [5.74, 6) is -0.755. The number of hydrogen-bond acceptors (Lipinski definition) is 9. The van der Waals surface area contributed by atoms with Crippen LogP contribution in [0.2, 0.25) is 0 Å². The number of carbonyl (C=O) groups is 2. The second-order valence-corrected chi connectivity index (χ2v) is 15.3. The van der Waals surface area contributed by atoms with Crippen molar-refractivity contribution in [2.75, 3.05) is 39.0 Å². The standard InChI is InChI=1S/C38H54N6O5S/c1-5-6-17-31(44(38(46)49-4)37(45)36(40)35(28-13-9-7-10-14-28)29-15-11-8-12-16-29)24-42-33-25-41-26-34(33)43(23-22-27(2)3)50(47,48)32-20-18-30(39)19-21-32/h7-16,18-21,27,31,33-36,41-42H,5-6,17,22-26,39-40H2,1-4H3/t31?,33-,34-,36+/m1/s1. The van der Waals surface area contributed by atoms with E-state index in [4.69, 9.17) is 16.2 Å². The lowest BCUT2D eigenvalue weighted by Crippen LogP contribution is -2.58. The van der Waals surface area contributed by atoms with E-state index in [0.717, 1.165) is 24.0 Å². The Morgan fingerprint density at radius 3 is 2.08 bits per heavy atom. The van der Waals surface area contributed by atoms with Gasteiger partial charge in [-0.3, -0.25) is 4.79 Å². The number of nitrogens with one attached hydrogen (secondary N) is 2. The zero-order valence-corrected chi connectivity index (χ0v) is 30.5. The largest absolute Gasteiger partial charge is 0.452 e. The molecule has 1 heterocycles. The number of imide groups is 1. The normalized spacial score (nSPS) is 17.6. The Labute approximate surface area is 297 Å². The number of nitrogens with two attached hydrogens (primary N) is 2. The highest BCUT2D eigenvalue weighted by Crippen LogP contribution is 2.29. The van der Waals surface area contributed by atoms with Crippen LogP contribution in [0.15, 0.2) is 89.8 Å². The summed E-state index contributed by atoms with van der Waals surface area (Å²) in [6.07, 6.45) is 2.02. The Morgan fingerprint density at radius 1 is 0.940 bits per heavy atom. The van der Waals surface area contributed by atoms with Crippen molar-refractivity contribution in [1.29, 1.82) is 0 Å². The summed E-state index contributed by atoms with van der Waals surface area (Å²) < 4.78 is 34.9. The Hall–Kier alpha value is -3.81. The number of carbonyl (C=O) groups excluding carboxylic acids is 2. The molecule has 1 fully saturated rings. The van der Waals surface area contributed by atoms with Gasteiger partial charge in [0, 0.05) is 43.8 Å². The zero-order chi connectivity index (χ0) is 36.3. The van der Waals surface area contributed by atoms with Gasteiger partial charge in [0.1, 0.15) is 0 Å².